The second kappa shape index (κ2) is 5.82. The van der Waals surface area contributed by atoms with E-state index in [1.54, 1.807) is 11.3 Å². The summed E-state index contributed by atoms with van der Waals surface area (Å²) in [5.41, 5.74) is 6.34. The number of thiophene rings is 1. The summed E-state index contributed by atoms with van der Waals surface area (Å²) in [6.45, 7) is 3.35. The number of nitrogens with zero attached hydrogens (tertiary/aromatic N) is 1. The quantitative estimate of drug-likeness (QED) is 0.725. The van der Waals surface area contributed by atoms with Crippen molar-refractivity contribution in [1.29, 1.82) is 0 Å². The van der Waals surface area contributed by atoms with E-state index >= 15 is 0 Å². The van der Waals surface area contributed by atoms with E-state index in [0.29, 0.717) is 13.1 Å². The lowest BCUT2D eigenvalue weighted by Crippen LogP contribution is -2.46. The fraction of sp³-hybridized carbons (Fsp3) is 0.417. The first kappa shape index (κ1) is 12.1. The number of hydrogen-bond donors (Lipinski definition) is 2. The third kappa shape index (κ3) is 3.56. The zero-order chi connectivity index (χ0) is 12.1. The topological polar surface area (TPSA) is 58.4 Å². The van der Waals surface area contributed by atoms with Crippen molar-refractivity contribution in [1.82, 2.24) is 10.2 Å². The van der Waals surface area contributed by atoms with Gasteiger partial charge in [0.05, 0.1) is 13.1 Å². The third-order valence-electron chi connectivity index (χ3n) is 2.49. The number of carbonyl (C=O) groups excluding carboxylic acids is 1. The van der Waals surface area contributed by atoms with Gasteiger partial charge < -0.3 is 11.1 Å². The molecular weight excluding hydrogens is 234 g/mol. The highest BCUT2D eigenvalue weighted by atomic mass is 32.1. The molecule has 0 atom stereocenters. The van der Waals surface area contributed by atoms with Crippen LogP contribution in [0.1, 0.15) is 10.4 Å². The predicted octanol–water partition coefficient (Wildman–Crippen LogP) is -0.00990. The summed E-state index contributed by atoms with van der Waals surface area (Å²) in [6, 6.07) is 2.07. The smallest absolute Gasteiger partial charge is 0.234 e. The van der Waals surface area contributed by atoms with Crippen LogP contribution in [-0.2, 0) is 11.3 Å². The molecule has 0 radical (unpaired) electrons. The van der Waals surface area contributed by atoms with E-state index in [-0.39, 0.29) is 5.91 Å². The molecule has 0 aromatic carbocycles. The van der Waals surface area contributed by atoms with Crippen LogP contribution in [-0.4, -0.2) is 37.0 Å². The first-order valence-corrected chi connectivity index (χ1v) is 6.41. The number of hydrogen-bond acceptors (Lipinski definition) is 4. The van der Waals surface area contributed by atoms with E-state index in [4.69, 9.17) is 5.73 Å². The Hall–Kier alpha value is -1.35. The van der Waals surface area contributed by atoms with Crippen molar-refractivity contribution in [3.8, 4) is 11.8 Å². The van der Waals surface area contributed by atoms with Gasteiger partial charge in [-0.25, -0.2) is 0 Å². The maximum atomic E-state index is 11.2. The molecule has 1 aliphatic rings. The van der Waals surface area contributed by atoms with E-state index in [0.717, 1.165) is 25.2 Å². The molecule has 4 nitrogen and oxygen atoms in total. The molecule has 0 unspecified atom stereocenters. The van der Waals surface area contributed by atoms with E-state index in [9.17, 15) is 4.79 Å². The SMILES string of the molecule is NCC#Cc1csc(CN2CCNC(=O)C2)c1. The van der Waals surface area contributed by atoms with Crippen molar-refractivity contribution >= 4 is 17.2 Å². The molecule has 1 aliphatic heterocycles. The zero-order valence-electron chi connectivity index (χ0n) is 9.53. The lowest BCUT2D eigenvalue weighted by Gasteiger charge is -2.25. The molecule has 2 heterocycles. The Morgan fingerprint density at radius 2 is 2.47 bits per heavy atom. The summed E-state index contributed by atoms with van der Waals surface area (Å²) in [4.78, 5) is 14.6. The summed E-state index contributed by atoms with van der Waals surface area (Å²) < 4.78 is 0. The molecule has 5 heteroatoms. The number of nitrogens with one attached hydrogen (secondary N) is 1. The van der Waals surface area contributed by atoms with Gasteiger partial charge in [-0.3, -0.25) is 9.69 Å². The van der Waals surface area contributed by atoms with Gasteiger partial charge in [0.1, 0.15) is 0 Å². The van der Waals surface area contributed by atoms with Gasteiger partial charge >= 0.3 is 0 Å². The molecule has 17 heavy (non-hydrogen) atoms. The molecule has 2 rings (SSSR count). The van der Waals surface area contributed by atoms with Gasteiger partial charge in [0.15, 0.2) is 0 Å². The van der Waals surface area contributed by atoms with E-state index < -0.39 is 0 Å². The normalized spacial score (nSPS) is 16.2. The van der Waals surface area contributed by atoms with Crippen molar-refractivity contribution < 1.29 is 4.79 Å². The Labute approximate surface area is 105 Å². The van der Waals surface area contributed by atoms with E-state index in [1.165, 1.54) is 4.88 Å². The molecule has 0 spiro atoms. The first-order valence-electron chi connectivity index (χ1n) is 5.53. The fourth-order valence-electron chi connectivity index (χ4n) is 1.73. The third-order valence-corrected chi connectivity index (χ3v) is 3.41. The van der Waals surface area contributed by atoms with Crippen LogP contribution in [0.4, 0.5) is 0 Å². The Kier molecular flexibility index (Phi) is 4.15. The van der Waals surface area contributed by atoms with Gasteiger partial charge in [0, 0.05) is 35.5 Å². The van der Waals surface area contributed by atoms with Crippen LogP contribution in [0, 0.1) is 11.8 Å². The molecular formula is C12H15N3OS. The number of piperazine rings is 1. The molecule has 1 aromatic heterocycles. The second-order valence-electron chi connectivity index (χ2n) is 3.87. The van der Waals surface area contributed by atoms with Crippen molar-refractivity contribution in [2.24, 2.45) is 5.73 Å². The Balaban J connectivity index is 1.94. The van der Waals surface area contributed by atoms with Crippen LogP contribution in [0.3, 0.4) is 0 Å². The van der Waals surface area contributed by atoms with Crippen LogP contribution in [0.15, 0.2) is 11.4 Å². The molecule has 90 valence electrons. The van der Waals surface area contributed by atoms with Crippen molar-refractivity contribution in [2.75, 3.05) is 26.2 Å². The lowest BCUT2D eigenvalue weighted by atomic mass is 10.3. The van der Waals surface area contributed by atoms with Gasteiger partial charge in [-0.1, -0.05) is 11.8 Å². The minimum Gasteiger partial charge on any atom is -0.354 e. The second-order valence-corrected chi connectivity index (χ2v) is 4.86. The summed E-state index contributed by atoms with van der Waals surface area (Å²) in [7, 11) is 0. The highest BCUT2D eigenvalue weighted by Gasteiger charge is 2.16. The summed E-state index contributed by atoms with van der Waals surface area (Å²) >= 11 is 1.68. The highest BCUT2D eigenvalue weighted by molar-refractivity contribution is 7.10. The highest BCUT2D eigenvalue weighted by Crippen LogP contribution is 2.16. The number of nitrogens with two attached hydrogens (primary N) is 1. The molecule has 1 aromatic rings. The van der Waals surface area contributed by atoms with E-state index in [1.807, 2.05) is 5.38 Å². The molecule has 0 saturated carbocycles. The molecule has 1 amide bonds. The number of carbonyl (C=O) groups is 1. The van der Waals surface area contributed by atoms with Gasteiger partial charge in [-0.2, -0.15) is 0 Å². The predicted molar refractivity (Wildman–Crippen MR) is 68.5 cm³/mol. The average Bonchev–Trinajstić information content (AvgIpc) is 2.74. The maximum Gasteiger partial charge on any atom is 0.234 e. The van der Waals surface area contributed by atoms with Gasteiger partial charge in [-0.15, -0.1) is 11.3 Å². The van der Waals surface area contributed by atoms with Gasteiger partial charge in [-0.05, 0) is 6.07 Å². The lowest BCUT2D eigenvalue weighted by molar-refractivity contribution is -0.124. The zero-order valence-corrected chi connectivity index (χ0v) is 10.3. The Morgan fingerprint density at radius 3 is 3.24 bits per heavy atom. The van der Waals surface area contributed by atoms with Crippen LogP contribution < -0.4 is 11.1 Å². The Bertz CT molecular complexity index is 458. The molecule has 0 bridgehead atoms. The van der Waals surface area contributed by atoms with Crippen LogP contribution in [0.25, 0.3) is 0 Å². The number of rotatable bonds is 2. The minimum atomic E-state index is 0.107. The summed E-state index contributed by atoms with van der Waals surface area (Å²) in [6.07, 6.45) is 0. The molecule has 0 aliphatic carbocycles. The molecule has 1 saturated heterocycles. The van der Waals surface area contributed by atoms with Gasteiger partial charge in [0.25, 0.3) is 0 Å². The molecule has 1 fully saturated rings. The van der Waals surface area contributed by atoms with Crippen LogP contribution >= 0.6 is 11.3 Å². The van der Waals surface area contributed by atoms with Crippen molar-refractivity contribution in [2.45, 2.75) is 6.54 Å². The average molecular weight is 249 g/mol. The van der Waals surface area contributed by atoms with E-state index in [2.05, 4.69) is 28.1 Å². The summed E-state index contributed by atoms with van der Waals surface area (Å²) in [5, 5.41) is 4.85. The number of amides is 1. The Morgan fingerprint density at radius 1 is 1.59 bits per heavy atom. The standard InChI is InChI=1S/C12H15N3OS/c13-3-1-2-10-6-11(17-9-10)7-15-5-4-14-12(16)8-15/h6,9H,3-5,7-8,13H2,(H,14,16). The summed E-state index contributed by atoms with van der Waals surface area (Å²) in [5.74, 6) is 5.95. The van der Waals surface area contributed by atoms with Crippen molar-refractivity contribution in [3.63, 3.8) is 0 Å². The fourth-order valence-corrected chi connectivity index (χ4v) is 2.59. The van der Waals surface area contributed by atoms with Gasteiger partial charge in [0.2, 0.25) is 5.91 Å². The maximum absolute atomic E-state index is 11.2. The largest absolute Gasteiger partial charge is 0.354 e. The monoisotopic (exact) mass is 249 g/mol. The first-order chi connectivity index (χ1) is 8.28. The van der Waals surface area contributed by atoms with Crippen molar-refractivity contribution in [3.05, 3.63) is 21.9 Å². The van der Waals surface area contributed by atoms with Crippen LogP contribution in [0.2, 0.25) is 0 Å². The molecule has 3 N–H and O–H groups in total. The van der Waals surface area contributed by atoms with Crippen LogP contribution in [0.5, 0.6) is 0 Å². The minimum absolute atomic E-state index is 0.107.